The van der Waals surface area contributed by atoms with E-state index in [9.17, 15) is 0 Å². The fourth-order valence-corrected chi connectivity index (χ4v) is 1.61. The summed E-state index contributed by atoms with van der Waals surface area (Å²) in [5.41, 5.74) is 1.21. The van der Waals surface area contributed by atoms with Crippen molar-refractivity contribution in [2.75, 3.05) is 13.2 Å². The van der Waals surface area contributed by atoms with Crippen LogP contribution in [0.5, 0.6) is 0 Å². The quantitative estimate of drug-likeness (QED) is 0.472. The highest BCUT2D eigenvalue weighted by Crippen LogP contribution is 2.32. The first-order valence-corrected chi connectivity index (χ1v) is 3.79. The number of hydrogen-bond donors (Lipinski definition) is 0. The van der Waals surface area contributed by atoms with Gasteiger partial charge in [-0.2, -0.15) is 0 Å². The Labute approximate surface area is 60.8 Å². The molecule has 0 aromatic heterocycles. The third kappa shape index (κ3) is 0.879. The lowest BCUT2D eigenvalue weighted by molar-refractivity contribution is -0.150. The molecular formula is C8H12O2. The zero-order chi connectivity index (χ0) is 6.97. The lowest BCUT2D eigenvalue weighted by Gasteiger charge is -2.24. The van der Waals surface area contributed by atoms with E-state index in [4.69, 9.17) is 9.47 Å². The summed E-state index contributed by atoms with van der Waals surface area (Å²) < 4.78 is 10.7. The van der Waals surface area contributed by atoms with Gasteiger partial charge in [0, 0.05) is 12.5 Å². The van der Waals surface area contributed by atoms with Crippen molar-refractivity contribution in [3.05, 3.63) is 12.2 Å². The SMILES string of the molecule is C=C1CO[C@H]2OCCC[C@@H]12. The van der Waals surface area contributed by atoms with Gasteiger partial charge in [-0.05, 0) is 18.4 Å². The molecule has 0 unspecified atom stereocenters. The van der Waals surface area contributed by atoms with Gasteiger partial charge < -0.3 is 9.47 Å². The molecule has 0 aliphatic carbocycles. The van der Waals surface area contributed by atoms with Crippen LogP contribution in [0.25, 0.3) is 0 Å². The summed E-state index contributed by atoms with van der Waals surface area (Å²) >= 11 is 0. The average Bonchev–Trinajstić information content (AvgIpc) is 2.34. The summed E-state index contributed by atoms with van der Waals surface area (Å²) in [7, 11) is 0. The maximum Gasteiger partial charge on any atom is 0.164 e. The predicted octanol–water partition coefficient (Wildman–Crippen LogP) is 1.33. The second kappa shape index (κ2) is 2.36. The second-order valence-electron chi connectivity index (χ2n) is 2.96. The summed E-state index contributed by atoms with van der Waals surface area (Å²) in [6, 6.07) is 0. The van der Waals surface area contributed by atoms with E-state index in [2.05, 4.69) is 6.58 Å². The molecule has 0 aromatic rings. The van der Waals surface area contributed by atoms with Crippen molar-refractivity contribution in [3.8, 4) is 0 Å². The van der Waals surface area contributed by atoms with Gasteiger partial charge in [0.1, 0.15) is 0 Å². The van der Waals surface area contributed by atoms with Gasteiger partial charge in [0.25, 0.3) is 0 Å². The average molecular weight is 140 g/mol. The Bertz CT molecular complexity index is 153. The van der Waals surface area contributed by atoms with E-state index in [1.807, 2.05) is 0 Å². The van der Waals surface area contributed by atoms with Gasteiger partial charge in [0.2, 0.25) is 0 Å². The van der Waals surface area contributed by atoms with Crippen LogP contribution in [0.3, 0.4) is 0 Å². The minimum absolute atomic E-state index is 0.0428. The molecule has 0 N–H and O–H groups in total. The van der Waals surface area contributed by atoms with Crippen molar-refractivity contribution in [2.24, 2.45) is 5.92 Å². The summed E-state index contributed by atoms with van der Waals surface area (Å²) in [4.78, 5) is 0. The van der Waals surface area contributed by atoms with Crippen LogP contribution in [-0.2, 0) is 9.47 Å². The molecule has 2 heterocycles. The van der Waals surface area contributed by atoms with E-state index in [1.54, 1.807) is 0 Å². The smallest absolute Gasteiger partial charge is 0.164 e. The van der Waals surface area contributed by atoms with Gasteiger partial charge >= 0.3 is 0 Å². The Hall–Kier alpha value is -0.340. The summed E-state index contributed by atoms with van der Waals surface area (Å²) in [5, 5.41) is 0. The van der Waals surface area contributed by atoms with Crippen LogP contribution in [0, 0.1) is 5.92 Å². The van der Waals surface area contributed by atoms with Crippen molar-refractivity contribution in [2.45, 2.75) is 19.1 Å². The van der Waals surface area contributed by atoms with Crippen molar-refractivity contribution in [1.82, 2.24) is 0 Å². The molecule has 2 fully saturated rings. The van der Waals surface area contributed by atoms with Crippen LogP contribution in [0.2, 0.25) is 0 Å². The molecule has 0 radical (unpaired) electrons. The van der Waals surface area contributed by atoms with Gasteiger partial charge in [-0.15, -0.1) is 0 Å². The molecule has 0 bridgehead atoms. The van der Waals surface area contributed by atoms with Crippen LogP contribution < -0.4 is 0 Å². The number of fused-ring (bicyclic) bond motifs is 1. The molecule has 2 aliphatic heterocycles. The molecule has 56 valence electrons. The molecular weight excluding hydrogens is 128 g/mol. The topological polar surface area (TPSA) is 18.5 Å². The number of ether oxygens (including phenoxy) is 2. The van der Waals surface area contributed by atoms with E-state index in [0.717, 1.165) is 13.0 Å². The van der Waals surface area contributed by atoms with Crippen LogP contribution in [-0.4, -0.2) is 19.5 Å². The van der Waals surface area contributed by atoms with Crippen LogP contribution in [0.15, 0.2) is 12.2 Å². The van der Waals surface area contributed by atoms with Gasteiger partial charge in [-0.25, -0.2) is 0 Å². The summed E-state index contributed by atoms with van der Waals surface area (Å²) in [5.74, 6) is 0.494. The highest BCUT2D eigenvalue weighted by Gasteiger charge is 2.34. The Morgan fingerprint density at radius 3 is 3.10 bits per heavy atom. The second-order valence-corrected chi connectivity index (χ2v) is 2.96. The lowest BCUT2D eigenvalue weighted by Crippen LogP contribution is -2.25. The normalized spacial score (nSPS) is 39.8. The first-order valence-electron chi connectivity index (χ1n) is 3.79. The van der Waals surface area contributed by atoms with Crippen LogP contribution >= 0.6 is 0 Å². The fourth-order valence-electron chi connectivity index (χ4n) is 1.61. The predicted molar refractivity (Wildman–Crippen MR) is 37.6 cm³/mol. The molecule has 0 spiro atoms. The highest BCUT2D eigenvalue weighted by molar-refractivity contribution is 5.07. The van der Waals surface area contributed by atoms with E-state index < -0.39 is 0 Å². The van der Waals surface area contributed by atoms with Crippen molar-refractivity contribution >= 4 is 0 Å². The van der Waals surface area contributed by atoms with E-state index in [-0.39, 0.29) is 6.29 Å². The first-order chi connectivity index (χ1) is 4.88. The number of hydrogen-bond acceptors (Lipinski definition) is 2. The Kier molecular flexibility index (Phi) is 1.51. The summed E-state index contributed by atoms with van der Waals surface area (Å²) in [6.07, 6.45) is 2.40. The zero-order valence-corrected chi connectivity index (χ0v) is 6.01. The van der Waals surface area contributed by atoms with E-state index >= 15 is 0 Å². The third-order valence-corrected chi connectivity index (χ3v) is 2.23. The molecule has 2 heteroatoms. The first kappa shape index (κ1) is 6.38. The fraction of sp³-hybridized carbons (Fsp3) is 0.750. The molecule has 10 heavy (non-hydrogen) atoms. The molecule has 0 amide bonds. The largest absolute Gasteiger partial charge is 0.352 e. The van der Waals surface area contributed by atoms with Crippen LogP contribution in [0.4, 0.5) is 0 Å². The van der Waals surface area contributed by atoms with E-state index in [1.165, 1.54) is 12.0 Å². The Balaban J connectivity index is 2.08. The van der Waals surface area contributed by atoms with Crippen LogP contribution in [0.1, 0.15) is 12.8 Å². The Morgan fingerprint density at radius 1 is 1.40 bits per heavy atom. The van der Waals surface area contributed by atoms with Crippen molar-refractivity contribution in [3.63, 3.8) is 0 Å². The summed E-state index contributed by atoms with van der Waals surface area (Å²) in [6.45, 7) is 5.49. The standard InChI is InChI=1S/C8H12O2/c1-6-5-10-8-7(6)3-2-4-9-8/h7-8H,1-5H2/t7-,8+/m0/s1. The molecule has 2 nitrogen and oxygen atoms in total. The Morgan fingerprint density at radius 2 is 2.30 bits per heavy atom. The minimum atomic E-state index is 0.0428. The van der Waals surface area contributed by atoms with Crippen molar-refractivity contribution < 1.29 is 9.47 Å². The number of rotatable bonds is 0. The maximum absolute atomic E-state index is 5.39. The molecule has 2 rings (SSSR count). The van der Waals surface area contributed by atoms with Gasteiger partial charge in [-0.1, -0.05) is 6.58 Å². The molecule has 0 saturated carbocycles. The van der Waals surface area contributed by atoms with E-state index in [0.29, 0.717) is 12.5 Å². The monoisotopic (exact) mass is 140 g/mol. The highest BCUT2D eigenvalue weighted by atomic mass is 16.7. The molecule has 2 aliphatic rings. The maximum atomic E-state index is 5.39. The van der Waals surface area contributed by atoms with Gasteiger partial charge in [-0.3, -0.25) is 0 Å². The minimum Gasteiger partial charge on any atom is -0.352 e. The molecule has 0 aromatic carbocycles. The molecule has 2 atom stereocenters. The molecule has 2 saturated heterocycles. The zero-order valence-electron chi connectivity index (χ0n) is 6.01. The van der Waals surface area contributed by atoms with Gasteiger partial charge in [0.05, 0.1) is 6.61 Å². The third-order valence-electron chi connectivity index (χ3n) is 2.23. The van der Waals surface area contributed by atoms with Crippen molar-refractivity contribution in [1.29, 1.82) is 0 Å². The lowest BCUT2D eigenvalue weighted by atomic mass is 9.96. The van der Waals surface area contributed by atoms with Gasteiger partial charge in [0.15, 0.2) is 6.29 Å².